The highest BCUT2D eigenvalue weighted by Crippen LogP contribution is 2.12. The van der Waals surface area contributed by atoms with E-state index in [2.05, 4.69) is 10.6 Å². The largest absolute Gasteiger partial charge is 0.396 e. The second-order valence-electron chi connectivity index (χ2n) is 4.02. The molecule has 2 unspecified atom stereocenters. The number of nitrogens with one attached hydrogen (secondary N) is 2. The summed E-state index contributed by atoms with van der Waals surface area (Å²) in [6.45, 7) is 2.75. The first-order valence-corrected chi connectivity index (χ1v) is 6.44. The molecule has 0 radical (unpaired) electrons. The number of carbonyl (C=O) groups excluding carboxylic acids is 2. The second-order valence-corrected chi connectivity index (χ2v) is 5.01. The van der Waals surface area contributed by atoms with E-state index in [9.17, 15) is 9.59 Å². The Bertz CT molecular complexity index is 260. The van der Waals surface area contributed by atoms with Crippen LogP contribution >= 0.6 is 11.8 Å². The molecular weight excluding hydrogens is 228 g/mol. The van der Waals surface area contributed by atoms with Gasteiger partial charge in [-0.25, -0.2) is 0 Å². The van der Waals surface area contributed by atoms with Crippen molar-refractivity contribution in [2.45, 2.75) is 25.8 Å². The van der Waals surface area contributed by atoms with Crippen LogP contribution < -0.4 is 10.6 Å². The summed E-state index contributed by atoms with van der Waals surface area (Å²) in [7, 11) is 0. The zero-order valence-electron chi connectivity index (χ0n) is 9.36. The van der Waals surface area contributed by atoms with Gasteiger partial charge in [-0.15, -0.1) is 0 Å². The second kappa shape index (κ2) is 6.75. The number of hydrogen-bond acceptors (Lipinski definition) is 4. The molecular formula is C10H18N2O3S. The first kappa shape index (κ1) is 13.3. The minimum atomic E-state index is -0.382. The van der Waals surface area contributed by atoms with Crippen LogP contribution in [0, 0.1) is 5.92 Å². The van der Waals surface area contributed by atoms with Gasteiger partial charge in [0.15, 0.2) is 0 Å². The van der Waals surface area contributed by atoms with Crippen LogP contribution in [0.5, 0.6) is 0 Å². The van der Waals surface area contributed by atoms with Crippen LogP contribution in [0.1, 0.15) is 19.8 Å². The highest BCUT2D eigenvalue weighted by atomic mass is 32.2. The van der Waals surface area contributed by atoms with E-state index in [1.807, 2.05) is 6.92 Å². The van der Waals surface area contributed by atoms with Gasteiger partial charge in [-0.1, -0.05) is 18.7 Å². The fraction of sp³-hybridized carbons (Fsp3) is 0.800. The first-order valence-electron chi connectivity index (χ1n) is 5.45. The highest BCUT2D eigenvalue weighted by Gasteiger charge is 2.27. The monoisotopic (exact) mass is 246 g/mol. The standard InChI is InChI=1S/C10H18N2O3S/c1-7(5-13)3-2-4-11-9(14)8-6-16-10(15)12-8/h7-8,13H,2-6H2,1H3,(H,11,14)(H,12,15). The van der Waals surface area contributed by atoms with Crippen molar-refractivity contribution in [2.75, 3.05) is 18.9 Å². The number of aliphatic hydroxyl groups excluding tert-OH is 1. The van der Waals surface area contributed by atoms with E-state index >= 15 is 0 Å². The van der Waals surface area contributed by atoms with Crippen molar-refractivity contribution in [2.24, 2.45) is 5.92 Å². The van der Waals surface area contributed by atoms with Crippen LogP contribution in [0.4, 0.5) is 4.79 Å². The van der Waals surface area contributed by atoms with E-state index in [0.717, 1.165) is 24.6 Å². The third-order valence-electron chi connectivity index (χ3n) is 2.47. The molecule has 92 valence electrons. The van der Waals surface area contributed by atoms with Crippen LogP contribution in [-0.2, 0) is 4.79 Å². The lowest BCUT2D eigenvalue weighted by Gasteiger charge is -2.11. The van der Waals surface area contributed by atoms with Gasteiger partial charge in [0.05, 0.1) is 0 Å². The van der Waals surface area contributed by atoms with Crippen molar-refractivity contribution in [3.8, 4) is 0 Å². The molecule has 1 rings (SSSR count). The summed E-state index contributed by atoms with van der Waals surface area (Å²) in [6, 6.07) is -0.382. The van der Waals surface area contributed by atoms with Crippen LogP contribution in [0.15, 0.2) is 0 Å². The Morgan fingerprint density at radius 3 is 3.06 bits per heavy atom. The lowest BCUT2D eigenvalue weighted by Crippen LogP contribution is -2.43. The Kier molecular flexibility index (Phi) is 5.62. The summed E-state index contributed by atoms with van der Waals surface area (Å²) in [5.41, 5.74) is 0. The predicted octanol–water partition coefficient (Wildman–Crippen LogP) is 0.336. The lowest BCUT2D eigenvalue weighted by molar-refractivity contribution is -0.122. The summed E-state index contributed by atoms with van der Waals surface area (Å²) >= 11 is 1.14. The number of carbonyl (C=O) groups is 2. The van der Waals surface area contributed by atoms with Gasteiger partial charge in [0.1, 0.15) is 6.04 Å². The molecule has 2 amide bonds. The van der Waals surface area contributed by atoms with Crippen molar-refractivity contribution in [1.82, 2.24) is 10.6 Å². The summed E-state index contributed by atoms with van der Waals surface area (Å²) in [6.07, 6.45) is 1.74. The van der Waals surface area contributed by atoms with Crippen molar-refractivity contribution in [3.63, 3.8) is 0 Å². The predicted molar refractivity (Wildman–Crippen MR) is 63.3 cm³/mol. The molecule has 1 saturated heterocycles. The summed E-state index contributed by atoms with van der Waals surface area (Å²) in [5.74, 6) is 0.672. The van der Waals surface area contributed by atoms with Gasteiger partial charge in [0.25, 0.3) is 5.24 Å². The van der Waals surface area contributed by atoms with Crippen LogP contribution in [0.2, 0.25) is 0 Å². The fourth-order valence-electron chi connectivity index (χ4n) is 1.40. The normalized spacial score (nSPS) is 21.6. The van der Waals surface area contributed by atoms with E-state index in [4.69, 9.17) is 5.11 Å². The van der Waals surface area contributed by atoms with E-state index in [1.165, 1.54) is 0 Å². The molecule has 0 aromatic carbocycles. The molecule has 2 atom stereocenters. The van der Waals surface area contributed by atoms with Crippen molar-refractivity contribution < 1.29 is 14.7 Å². The maximum absolute atomic E-state index is 11.5. The van der Waals surface area contributed by atoms with E-state index in [-0.39, 0.29) is 29.7 Å². The number of amides is 2. The maximum atomic E-state index is 11.5. The molecule has 0 aromatic heterocycles. The van der Waals surface area contributed by atoms with Crippen LogP contribution in [0.25, 0.3) is 0 Å². The number of rotatable bonds is 6. The Hall–Kier alpha value is -0.750. The fourth-order valence-corrected chi connectivity index (χ4v) is 2.18. The molecule has 16 heavy (non-hydrogen) atoms. The van der Waals surface area contributed by atoms with Crippen LogP contribution in [-0.4, -0.2) is 41.2 Å². The smallest absolute Gasteiger partial charge is 0.279 e. The average molecular weight is 246 g/mol. The quantitative estimate of drug-likeness (QED) is 0.590. The van der Waals surface area contributed by atoms with Gasteiger partial charge >= 0.3 is 0 Å². The average Bonchev–Trinajstić information content (AvgIpc) is 2.70. The summed E-state index contributed by atoms with van der Waals surface area (Å²) < 4.78 is 0. The molecule has 1 heterocycles. The maximum Gasteiger partial charge on any atom is 0.279 e. The molecule has 6 heteroatoms. The zero-order chi connectivity index (χ0) is 12.0. The van der Waals surface area contributed by atoms with E-state index < -0.39 is 0 Å². The van der Waals surface area contributed by atoms with Gasteiger partial charge in [-0.3, -0.25) is 9.59 Å². The van der Waals surface area contributed by atoms with E-state index in [0.29, 0.717) is 12.3 Å². The topological polar surface area (TPSA) is 78.4 Å². The highest BCUT2D eigenvalue weighted by molar-refractivity contribution is 8.14. The van der Waals surface area contributed by atoms with Crippen molar-refractivity contribution >= 4 is 22.9 Å². The van der Waals surface area contributed by atoms with Crippen LogP contribution in [0.3, 0.4) is 0 Å². The third-order valence-corrected chi connectivity index (χ3v) is 3.35. The molecule has 0 aromatic rings. The first-order chi connectivity index (χ1) is 7.63. The van der Waals surface area contributed by atoms with Gasteiger partial charge in [0, 0.05) is 18.9 Å². The minimum absolute atomic E-state index is 0.116. The summed E-state index contributed by atoms with van der Waals surface area (Å²) in [5, 5.41) is 14.0. The number of hydrogen-bond donors (Lipinski definition) is 3. The zero-order valence-corrected chi connectivity index (χ0v) is 10.2. The minimum Gasteiger partial charge on any atom is -0.396 e. The van der Waals surface area contributed by atoms with E-state index in [1.54, 1.807) is 0 Å². The molecule has 5 nitrogen and oxygen atoms in total. The number of aliphatic hydroxyl groups is 1. The van der Waals surface area contributed by atoms with Gasteiger partial charge < -0.3 is 15.7 Å². The lowest BCUT2D eigenvalue weighted by atomic mass is 10.1. The molecule has 0 spiro atoms. The van der Waals surface area contributed by atoms with Crippen molar-refractivity contribution in [3.05, 3.63) is 0 Å². The molecule has 3 N–H and O–H groups in total. The van der Waals surface area contributed by atoms with Gasteiger partial charge in [-0.05, 0) is 18.8 Å². The Morgan fingerprint density at radius 2 is 2.50 bits per heavy atom. The third kappa shape index (κ3) is 4.40. The molecule has 1 aliphatic rings. The van der Waals surface area contributed by atoms with Gasteiger partial charge in [-0.2, -0.15) is 0 Å². The Balaban J connectivity index is 2.09. The molecule has 0 aliphatic carbocycles. The molecule has 1 aliphatic heterocycles. The SMILES string of the molecule is CC(CO)CCCNC(=O)C1CSC(=O)N1. The Morgan fingerprint density at radius 1 is 1.75 bits per heavy atom. The number of thioether (sulfide) groups is 1. The Labute approximate surface area is 99.4 Å². The summed E-state index contributed by atoms with van der Waals surface area (Å²) in [4.78, 5) is 22.4. The van der Waals surface area contributed by atoms with Crippen molar-refractivity contribution in [1.29, 1.82) is 0 Å². The van der Waals surface area contributed by atoms with Gasteiger partial charge in [0.2, 0.25) is 5.91 Å². The molecule has 1 fully saturated rings. The molecule has 0 bridgehead atoms. The molecule has 0 saturated carbocycles.